The highest BCUT2D eigenvalue weighted by Crippen LogP contribution is 2.26. The Bertz CT molecular complexity index is 1060. The van der Waals surface area contributed by atoms with Crippen LogP contribution in [0.1, 0.15) is 27.7 Å². The summed E-state index contributed by atoms with van der Waals surface area (Å²) in [4.78, 5) is 32.6. The van der Waals surface area contributed by atoms with Crippen LogP contribution in [0.2, 0.25) is 0 Å². The van der Waals surface area contributed by atoms with E-state index in [4.69, 9.17) is 4.74 Å². The smallest absolute Gasteiger partial charge is 0.253 e. The summed E-state index contributed by atoms with van der Waals surface area (Å²) in [5.41, 5.74) is 0.159. The number of hydrogen-bond donors (Lipinski definition) is 3. The lowest BCUT2D eigenvalue weighted by Crippen LogP contribution is -2.41. The molecule has 3 rings (SSSR count). The van der Waals surface area contributed by atoms with Crippen LogP contribution in [0.5, 0.6) is 5.75 Å². The molecule has 1 heterocycles. The van der Waals surface area contributed by atoms with Gasteiger partial charge in [0.05, 0.1) is 7.11 Å². The summed E-state index contributed by atoms with van der Waals surface area (Å²) in [6.07, 6.45) is 1.57. The van der Waals surface area contributed by atoms with Gasteiger partial charge in [-0.2, -0.15) is 4.98 Å². The molecule has 8 nitrogen and oxygen atoms in total. The Hall–Kier alpha value is -3.42. The predicted molar refractivity (Wildman–Crippen MR) is 115 cm³/mol. The molecule has 3 aromatic rings. The molecular weight excluding hydrogens is 370 g/mol. The van der Waals surface area contributed by atoms with Crippen molar-refractivity contribution < 1.29 is 4.74 Å². The number of benzene rings is 1. The molecule has 0 amide bonds. The molecule has 2 aromatic carbocycles. The second-order valence-corrected chi connectivity index (χ2v) is 7.88. The van der Waals surface area contributed by atoms with E-state index in [0.29, 0.717) is 17.5 Å². The van der Waals surface area contributed by atoms with Crippen LogP contribution in [0.3, 0.4) is 0 Å². The molecule has 29 heavy (non-hydrogen) atoms. The van der Waals surface area contributed by atoms with E-state index in [1.54, 1.807) is 19.4 Å². The summed E-state index contributed by atoms with van der Waals surface area (Å²) in [5, 5.41) is 9.18. The molecule has 152 valence electrons. The van der Waals surface area contributed by atoms with Gasteiger partial charge < -0.3 is 20.7 Å². The van der Waals surface area contributed by atoms with Crippen molar-refractivity contribution in [2.75, 3.05) is 23.1 Å². The van der Waals surface area contributed by atoms with Crippen molar-refractivity contribution >= 4 is 28.8 Å². The Kier molecular flexibility index (Phi) is 5.54. The molecule has 0 aliphatic rings. The molecular formula is C21H25N5O3. The average molecular weight is 395 g/mol. The van der Waals surface area contributed by atoms with Gasteiger partial charge in [0.2, 0.25) is 5.95 Å². The molecule has 0 fully saturated rings. The minimum absolute atomic E-state index is 0.00375. The maximum Gasteiger partial charge on any atom is 0.253 e. The first-order chi connectivity index (χ1) is 13.7. The maximum atomic E-state index is 12.1. The van der Waals surface area contributed by atoms with E-state index in [-0.39, 0.29) is 17.1 Å². The molecule has 0 aliphatic heterocycles. The molecule has 1 aromatic heterocycles. The molecule has 0 radical (unpaired) electrons. The van der Waals surface area contributed by atoms with Gasteiger partial charge in [-0.25, -0.2) is 4.98 Å². The Balaban J connectivity index is 1.76. The first-order valence-corrected chi connectivity index (χ1v) is 9.30. The van der Waals surface area contributed by atoms with Gasteiger partial charge in [0, 0.05) is 17.9 Å². The largest absolute Gasteiger partial charge is 0.497 e. The summed E-state index contributed by atoms with van der Waals surface area (Å²) in [5.74, 6) is 1.52. The van der Waals surface area contributed by atoms with Crippen LogP contribution in [0.4, 0.5) is 28.8 Å². The SMILES string of the molecule is COc1ccc(Nc2nccc(Nc3c(N[C@H](C)C(C)(C)C)c(=O)c3=O)n2)cc1. The van der Waals surface area contributed by atoms with Crippen LogP contribution in [0, 0.1) is 5.41 Å². The number of nitrogens with one attached hydrogen (secondary N) is 3. The number of hydrogen-bond acceptors (Lipinski definition) is 8. The quantitative estimate of drug-likeness (QED) is 0.523. The number of nitrogens with zero attached hydrogens (tertiary/aromatic N) is 2. The summed E-state index contributed by atoms with van der Waals surface area (Å²) in [6, 6.07) is 8.96. The van der Waals surface area contributed by atoms with Crippen LogP contribution in [-0.2, 0) is 0 Å². The van der Waals surface area contributed by atoms with E-state index in [2.05, 4.69) is 46.7 Å². The number of methoxy groups -OCH3 is 1. The number of ether oxygens (including phenoxy) is 1. The van der Waals surface area contributed by atoms with Crippen LogP contribution >= 0.6 is 0 Å². The Morgan fingerprint density at radius 3 is 2.24 bits per heavy atom. The standard InChI is InChI=1S/C21H25N5O3/c1-12(21(2,3)4)23-16-17(19(28)18(16)27)25-15-10-11-22-20(26-15)24-13-6-8-14(29-5)9-7-13/h6-12,23H,1-5H3,(H2,22,24,25,26)/t12-/m1/s1. The fraction of sp³-hybridized carbons (Fsp3) is 0.333. The van der Waals surface area contributed by atoms with Gasteiger partial charge in [0.25, 0.3) is 10.9 Å². The van der Waals surface area contributed by atoms with Crippen molar-refractivity contribution in [3.05, 3.63) is 57.0 Å². The van der Waals surface area contributed by atoms with Gasteiger partial charge in [-0.1, -0.05) is 20.8 Å². The fourth-order valence-corrected chi connectivity index (χ4v) is 2.50. The molecule has 0 spiro atoms. The molecule has 8 heteroatoms. The van der Waals surface area contributed by atoms with Crippen molar-refractivity contribution in [2.45, 2.75) is 33.7 Å². The molecule has 0 saturated heterocycles. The van der Waals surface area contributed by atoms with Crippen molar-refractivity contribution in [2.24, 2.45) is 5.41 Å². The zero-order valence-electron chi connectivity index (χ0n) is 17.2. The van der Waals surface area contributed by atoms with E-state index in [1.807, 2.05) is 31.2 Å². The number of anilines is 5. The highest BCUT2D eigenvalue weighted by atomic mass is 16.5. The lowest BCUT2D eigenvalue weighted by atomic mass is 9.87. The number of aromatic nitrogens is 2. The van der Waals surface area contributed by atoms with E-state index in [1.165, 1.54) is 0 Å². The monoisotopic (exact) mass is 395 g/mol. The number of rotatable bonds is 7. The van der Waals surface area contributed by atoms with Crippen LogP contribution < -0.4 is 31.5 Å². The van der Waals surface area contributed by atoms with E-state index < -0.39 is 10.9 Å². The highest BCUT2D eigenvalue weighted by molar-refractivity contribution is 5.78. The molecule has 0 saturated carbocycles. The van der Waals surface area contributed by atoms with Crippen molar-refractivity contribution in [3.8, 4) is 5.75 Å². The third-order valence-electron chi connectivity index (χ3n) is 4.83. The van der Waals surface area contributed by atoms with Gasteiger partial charge in [0.15, 0.2) is 0 Å². The normalized spacial score (nSPS) is 12.4. The summed E-state index contributed by atoms with van der Waals surface area (Å²) in [7, 11) is 1.60. The van der Waals surface area contributed by atoms with Gasteiger partial charge in [0.1, 0.15) is 22.9 Å². The highest BCUT2D eigenvalue weighted by Gasteiger charge is 2.27. The van der Waals surface area contributed by atoms with Gasteiger partial charge >= 0.3 is 0 Å². The molecule has 0 unspecified atom stereocenters. The molecule has 3 N–H and O–H groups in total. The third kappa shape index (κ3) is 4.53. The molecule has 1 atom stereocenters. The zero-order valence-corrected chi connectivity index (χ0v) is 17.2. The topological polar surface area (TPSA) is 105 Å². The van der Waals surface area contributed by atoms with Crippen molar-refractivity contribution in [1.82, 2.24) is 9.97 Å². The van der Waals surface area contributed by atoms with Gasteiger partial charge in [-0.05, 0) is 42.7 Å². The van der Waals surface area contributed by atoms with Gasteiger partial charge in [-0.15, -0.1) is 0 Å². The first kappa shape index (κ1) is 20.3. The zero-order chi connectivity index (χ0) is 21.2. The van der Waals surface area contributed by atoms with Crippen molar-refractivity contribution in [1.29, 1.82) is 0 Å². The fourth-order valence-electron chi connectivity index (χ4n) is 2.50. The molecule has 0 aliphatic carbocycles. The second-order valence-electron chi connectivity index (χ2n) is 7.88. The Labute approximate surface area is 169 Å². The Morgan fingerprint density at radius 1 is 0.966 bits per heavy atom. The van der Waals surface area contributed by atoms with Crippen molar-refractivity contribution in [3.63, 3.8) is 0 Å². The third-order valence-corrected chi connectivity index (χ3v) is 4.83. The Morgan fingerprint density at radius 2 is 1.62 bits per heavy atom. The maximum absolute atomic E-state index is 12.1. The molecule has 0 bridgehead atoms. The average Bonchev–Trinajstić information content (AvgIpc) is 2.70. The van der Waals surface area contributed by atoms with Crippen LogP contribution in [-0.4, -0.2) is 23.1 Å². The summed E-state index contributed by atoms with van der Waals surface area (Å²) >= 11 is 0. The van der Waals surface area contributed by atoms with Crippen LogP contribution in [0.15, 0.2) is 46.1 Å². The summed E-state index contributed by atoms with van der Waals surface area (Å²) < 4.78 is 5.14. The minimum Gasteiger partial charge on any atom is -0.497 e. The lowest BCUT2D eigenvalue weighted by Gasteiger charge is -2.30. The lowest BCUT2D eigenvalue weighted by molar-refractivity contribution is 0.359. The van der Waals surface area contributed by atoms with E-state index in [0.717, 1.165) is 11.4 Å². The second kappa shape index (κ2) is 7.90. The minimum atomic E-state index is -0.558. The first-order valence-electron chi connectivity index (χ1n) is 9.30. The van der Waals surface area contributed by atoms with Gasteiger partial charge in [-0.3, -0.25) is 9.59 Å². The predicted octanol–water partition coefficient (Wildman–Crippen LogP) is 3.41. The van der Waals surface area contributed by atoms with E-state index >= 15 is 0 Å². The summed E-state index contributed by atoms with van der Waals surface area (Å²) in [6.45, 7) is 8.16. The van der Waals surface area contributed by atoms with Crippen LogP contribution in [0.25, 0.3) is 0 Å². The van der Waals surface area contributed by atoms with E-state index in [9.17, 15) is 9.59 Å².